The van der Waals surface area contributed by atoms with Crippen molar-refractivity contribution in [3.63, 3.8) is 0 Å². The summed E-state index contributed by atoms with van der Waals surface area (Å²) in [7, 11) is 0. The van der Waals surface area contributed by atoms with E-state index < -0.39 is 0 Å². The predicted molar refractivity (Wildman–Crippen MR) is 65.9 cm³/mol. The van der Waals surface area contributed by atoms with E-state index in [4.69, 9.17) is 0 Å². The van der Waals surface area contributed by atoms with Crippen molar-refractivity contribution in [3.05, 3.63) is 0 Å². The first-order chi connectivity index (χ1) is 7.24. The fourth-order valence-corrected chi connectivity index (χ4v) is 3.01. The van der Waals surface area contributed by atoms with Gasteiger partial charge in [-0.3, -0.25) is 0 Å². The molecule has 2 unspecified atom stereocenters. The molecule has 15 heavy (non-hydrogen) atoms. The summed E-state index contributed by atoms with van der Waals surface area (Å²) in [5.41, 5.74) is 0. The van der Waals surface area contributed by atoms with E-state index in [2.05, 4.69) is 19.2 Å². The van der Waals surface area contributed by atoms with Crippen molar-refractivity contribution in [1.82, 2.24) is 5.32 Å². The molecule has 88 valence electrons. The van der Waals surface area contributed by atoms with E-state index in [-0.39, 0.29) is 0 Å². The van der Waals surface area contributed by atoms with Crippen molar-refractivity contribution in [2.45, 2.75) is 64.8 Å². The summed E-state index contributed by atoms with van der Waals surface area (Å²) >= 11 is 0. The minimum absolute atomic E-state index is 0.850. The van der Waals surface area contributed by atoms with Crippen LogP contribution in [0.4, 0.5) is 0 Å². The van der Waals surface area contributed by atoms with Gasteiger partial charge in [0.2, 0.25) is 0 Å². The van der Waals surface area contributed by atoms with Crippen LogP contribution in [0.15, 0.2) is 0 Å². The lowest BCUT2D eigenvalue weighted by atomic mass is 9.81. The Morgan fingerprint density at radius 2 is 1.87 bits per heavy atom. The highest BCUT2D eigenvalue weighted by molar-refractivity contribution is 4.82. The van der Waals surface area contributed by atoms with Crippen LogP contribution in [0.5, 0.6) is 0 Å². The smallest absolute Gasteiger partial charge is 0.00698 e. The van der Waals surface area contributed by atoms with Gasteiger partial charge in [-0.15, -0.1) is 0 Å². The van der Waals surface area contributed by atoms with Crippen LogP contribution in [0, 0.1) is 17.8 Å². The molecule has 0 aromatic carbocycles. The molecule has 2 fully saturated rings. The maximum atomic E-state index is 3.79. The first kappa shape index (κ1) is 11.4. The van der Waals surface area contributed by atoms with Crippen LogP contribution >= 0.6 is 0 Å². The van der Waals surface area contributed by atoms with Crippen LogP contribution in [-0.4, -0.2) is 12.6 Å². The quantitative estimate of drug-likeness (QED) is 0.729. The summed E-state index contributed by atoms with van der Waals surface area (Å²) in [6, 6.07) is 0.850. The standard InChI is InChI=1S/C14H27N/c1-11(2)8-13-4-3-5-14(9-13)15-10-12-6-7-12/h11-15H,3-10H2,1-2H3. The van der Waals surface area contributed by atoms with E-state index in [1.165, 1.54) is 51.5 Å². The molecule has 2 aliphatic carbocycles. The Morgan fingerprint density at radius 1 is 1.07 bits per heavy atom. The van der Waals surface area contributed by atoms with Gasteiger partial charge in [0.15, 0.2) is 0 Å². The van der Waals surface area contributed by atoms with E-state index >= 15 is 0 Å². The Kier molecular flexibility index (Phi) is 4.07. The minimum Gasteiger partial charge on any atom is -0.314 e. The van der Waals surface area contributed by atoms with Gasteiger partial charge < -0.3 is 5.32 Å². The van der Waals surface area contributed by atoms with Gasteiger partial charge in [0, 0.05) is 6.04 Å². The average Bonchev–Trinajstić information content (AvgIpc) is 2.97. The highest BCUT2D eigenvalue weighted by Gasteiger charge is 2.25. The molecule has 0 bridgehead atoms. The van der Waals surface area contributed by atoms with Crippen molar-refractivity contribution in [2.75, 3.05) is 6.54 Å². The first-order valence-electron chi connectivity index (χ1n) is 6.97. The highest BCUT2D eigenvalue weighted by Crippen LogP contribution is 2.31. The normalized spacial score (nSPS) is 32.2. The molecule has 0 amide bonds. The average molecular weight is 209 g/mol. The Bertz CT molecular complexity index is 184. The van der Waals surface area contributed by atoms with Crippen molar-refractivity contribution in [2.24, 2.45) is 17.8 Å². The fourth-order valence-electron chi connectivity index (χ4n) is 3.01. The summed E-state index contributed by atoms with van der Waals surface area (Å²) in [6.45, 7) is 6.03. The second-order valence-corrected chi connectivity index (χ2v) is 6.21. The van der Waals surface area contributed by atoms with E-state index in [0.29, 0.717) is 0 Å². The summed E-state index contributed by atoms with van der Waals surface area (Å²) < 4.78 is 0. The molecule has 0 heterocycles. The molecule has 2 rings (SSSR count). The highest BCUT2D eigenvalue weighted by atomic mass is 14.9. The van der Waals surface area contributed by atoms with E-state index in [1.54, 1.807) is 0 Å². The molecule has 0 aliphatic heterocycles. The number of rotatable bonds is 5. The Morgan fingerprint density at radius 3 is 2.53 bits per heavy atom. The lowest BCUT2D eigenvalue weighted by molar-refractivity contribution is 0.251. The van der Waals surface area contributed by atoms with Crippen molar-refractivity contribution in [3.8, 4) is 0 Å². The van der Waals surface area contributed by atoms with Crippen molar-refractivity contribution >= 4 is 0 Å². The number of nitrogens with one attached hydrogen (secondary N) is 1. The molecule has 2 saturated carbocycles. The summed E-state index contributed by atoms with van der Waals surface area (Å²) in [6.07, 6.45) is 10.2. The first-order valence-corrected chi connectivity index (χ1v) is 6.97. The Hall–Kier alpha value is -0.0400. The summed E-state index contributed by atoms with van der Waals surface area (Å²) in [5.74, 6) is 2.93. The minimum atomic E-state index is 0.850. The predicted octanol–water partition coefficient (Wildman–Crippen LogP) is 3.59. The van der Waals surface area contributed by atoms with Gasteiger partial charge in [0.25, 0.3) is 0 Å². The molecule has 2 aliphatic rings. The van der Waals surface area contributed by atoms with Gasteiger partial charge in [-0.1, -0.05) is 26.7 Å². The molecule has 0 aromatic rings. The fraction of sp³-hybridized carbons (Fsp3) is 1.00. The van der Waals surface area contributed by atoms with Crippen LogP contribution in [0.3, 0.4) is 0 Å². The molecule has 2 atom stereocenters. The van der Waals surface area contributed by atoms with Crippen LogP contribution in [0.25, 0.3) is 0 Å². The van der Waals surface area contributed by atoms with Gasteiger partial charge in [0.05, 0.1) is 0 Å². The summed E-state index contributed by atoms with van der Waals surface area (Å²) in [4.78, 5) is 0. The number of hydrogen-bond acceptors (Lipinski definition) is 1. The molecular weight excluding hydrogens is 182 g/mol. The SMILES string of the molecule is CC(C)CC1CCCC(NCC2CC2)C1. The monoisotopic (exact) mass is 209 g/mol. The molecule has 0 aromatic heterocycles. The molecule has 0 spiro atoms. The summed E-state index contributed by atoms with van der Waals surface area (Å²) in [5, 5.41) is 3.79. The van der Waals surface area contributed by atoms with Gasteiger partial charge in [-0.2, -0.15) is 0 Å². The van der Waals surface area contributed by atoms with Crippen LogP contribution < -0.4 is 5.32 Å². The van der Waals surface area contributed by atoms with Crippen molar-refractivity contribution in [1.29, 1.82) is 0 Å². The maximum absolute atomic E-state index is 3.79. The molecule has 1 nitrogen and oxygen atoms in total. The second-order valence-electron chi connectivity index (χ2n) is 6.21. The van der Waals surface area contributed by atoms with Gasteiger partial charge in [-0.25, -0.2) is 0 Å². The largest absolute Gasteiger partial charge is 0.314 e. The zero-order valence-electron chi connectivity index (χ0n) is 10.5. The van der Waals surface area contributed by atoms with Crippen LogP contribution in [0.1, 0.15) is 58.8 Å². The van der Waals surface area contributed by atoms with Gasteiger partial charge >= 0.3 is 0 Å². The molecular formula is C14H27N. The van der Waals surface area contributed by atoms with E-state index in [9.17, 15) is 0 Å². The third-order valence-electron chi connectivity index (χ3n) is 3.98. The second kappa shape index (κ2) is 5.34. The maximum Gasteiger partial charge on any atom is 0.00698 e. The topological polar surface area (TPSA) is 12.0 Å². The molecule has 1 heteroatoms. The lowest BCUT2D eigenvalue weighted by Crippen LogP contribution is -2.35. The Labute approximate surface area is 95.0 Å². The van der Waals surface area contributed by atoms with Gasteiger partial charge in [-0.05, 0) is 56.4 Å². The van der Waals surface area contributed by atoms with Crippen LogP contribution in [-0.2, 0) is 0 Å². The lowest BCUT2D eigenvalue weighted by Gasteiger charge is -2.31. The van der Waals surface area contributed by atoms with Crippen LogP contribution in [0.2, 0.25) is 0 Å². The molecule has 0 radical (unpaired) electrons. The third kappa shape index (κ3) is 4.14. The molecule has 0 saturated heterocycles. The van der Waals surface area contributed by atoms with E-state index in [1.807, 2.05) is 0 Å². The van der Waals surface area contributed by atoms with Crippen molar-refractivity contribution < 1.29 is 0 Å². The third-order valence-corrected chi connectivity index (χ3v) is 3.98. The van der Waals surface area contributed by atoms with Gasteiger partial charge in [0.1, 0.15) is 0 Å². The zero-order valence-corrected chi connectivity index (χ0v) is 10.5. The zero-order chi connectivity index (χ0) is 10.7. The van der Waals surface area contributed by atoms with E-state index in [0.717, 1.165) is 23.8 Å². The number of hydrogen-bond donors (Lipinski definition) is 1. The molecule has 1 N–H and O–H groups in total. The Balaban J connectivity index is 1.66.